The van der Waals surface area contributed by atoms with Crippen LogP contribution >= 0.6 is 27.7 Å². The van der Waals surface area contributed by atoms with Crippen LogP contribution in [0.25, 0.3) is 0 Å². The molecule has 0 bridgehead atoms. The van der Waals surface area contributed by atoms with Crippen LogP contribution in [0.1, 0.15) is 0 Å². The quantitative estimate of drug-likeness (QED) is 0.648. The summed E-state index contributed by atoms with van der Waals surface area (Å²) >= 11 is 5.11. The predicted molar refractivity (Wildman–Crippen MR) is 80.1 cm³/mol. The molecule has 0 radical (unpaired) electrons. The highest BCUT2D eigenvalue weighted by atomic mass is 79.9. The Morgan fingerprint density at radius 2 is 1.88 bits per heavy atom. The van der Waals surface area contributed by atoms with E-state index in [4.69, 9.17) is 5.73 Å². The molecule has 0 aliphatic heterocycles. The van der Waals surface area contributed by atoms with Crippen molar-refractivity contribution in [3.8, 4) is 0 Å². The van der Waals surface area contributed by atoms with Gasteiger partial charge in [-0.05, 0) is 36.6 Å². The van der Waals surface area contributed by atoms with Gasteiger partial charge in [0.25, 0.3) is 0 Å². The van der Waals surface area contributed by atoms with Crippen molar-refractivity contribution in [2.75, 3.05) is 17.3 Å². The molecular weight excluding hydrogens is 296 g/mol. The average Bonchev–Trinajstić information content (AvgIpc) is 2.33. The van der Waals surface area contributed by atoms with Crippen molar-refractivity contribution < 1.29 is 0 Å². The summed E-state index contributed by atoms with van der Waals surface area (Å²) in [5, 5.41) is 3.35. The second-order valence-electron chi connectivity index (χ2n) is 3.56. The predicted octanol–water partition coefficient (Wildman–Crippen LogP) is 4.50. The maximum absolute atomic E-state index is 5.96. The van der Waals surface area contributed by atoms with Gasteiger partial charge in [0.2, 0.25) is 0 Å². The lowest BCUT2D eigenvalue weighted by Crippen LogP contribution is -1.97. The second kappa shape index (κ2) is 5.47. The van der Waals surface area contributed by atoms with E-state index >= 15 is 0 Å². The fourth-order valence-electron chi connectivity index (χ4n) is 1.54. The Labute approximate surface area is 114 Å². The molecule has 2 rings (SSSR count). The van der Waals surface area contributed by atoms with E-state index in [1.54, 1.807) is 11.8 Å². The Morgan fingerprint density at radius 3 is 2.59 bits per heavy atom. The highest BCUT2D eigenvalue weighted by molar-refractivity contribution is 9.10. The van der Waals surface area contributed by atoms with Crippen LogP contribution in [0.4, 0.5) is 17.1 Å². The standard InChI is InChI=1S/C13H13BrN2S/c1-17-13-5-3-2-4-12(13)16-11-7-6-9(14)8-10(11)15/h2-8,16H,15H2,1H3. The van der Waals surface area contributed by atoms with Gasteiger partial charge in [-0.1, -0.05) is 28.1 Å². The zero-order valence-corrected chi connectivity index (χ0v) is 11.8. The number of nitrogens with two attached hydrogens (primary N) is 1. The highest BCUT2D eigenvalue weighted by Crippen LogP contribution is 2.31. The molecule has 0 fully saturated rings. The van der Waals surface area contributed by atoms with Crippen LogP contribution < -0.4 is 11.1 Å². The minimum Gasteiger partial charge on any atom is -0.397 e. The highest BCUT2D eigenvalue weighted by Gasteiger charge is 2.03. The van der Waals surface area contributed by atoms with E-state index in [9.17, 15) is 0 Å². The molecule has 2 nitrogen and oxygen atoms in total. The molecule has 0 aromatic heterocycles. The molecule has 0 unspecified atom stereocenters. The van der Waals surface area contributed by atoms with E-state index in [-0.39, 0.29) is 0 Å². The Hall–Kier alpha value is -1.13. The van der Waals surface area contributed by atoms with E-state index in [1.165, 1.54) is 4.90 Å². The lowest BCUT2D eigenvalue weighted by atomic mass is 10.2. The van der Waals surface area contributed by atoms with Gasteiger partial charge in [0.05, 0.1) is 17.1 Å². The van der Waals surface area contributed by atoms with Gasteiger partial charge in [0.1, 0.15) is 0 Å². The molecule has 0 spiro atoms. The molecule has 4 heteroatoms. The molecule has 0 saturated carbocycles. The van der Waals surface area contributed by atoms with Gasteiger partial charge in [0, 0.05) is 9.37 Å². The number of halogens is 1. The molecule has 0 saturated heterocycles. The van der Waals surface area contributed by atoms with E-state index in [0.29, 0.717) is 0 Å². The van der Waals surface area contributed by atoms with Crippen molar-refractivity contribution in [2.24, 2.45) is 0 Å². The van der Waals surface area contributed by atoms with Crippen LogP contribution in [0, 0.1) is 0 Å². The largest absolute Gasteiger partial charge is 0.397 e. The molecule has 88 valence electrons. The Morgan fingerprint density at radius 1 is 1.12 bits per heavy atom. The van der Waals surface area contributed by atoms with E-state index in [2.05, 4.69) is 33.6 Å². The molecular formula is C13H13BrN2S. The summed E-state index contributed by atoms with van der Waals surface area (Å²) in [6.07, 6.45) is 2.06. The lowest BCUT2D eigenvalue weighted by molar-refractivity contribution is 1.41. The molecule has 2 aromatic carbocycles. The van der Waals surface area contributed by atoms with E-state index in [1.807, 2.05) is 36.4 Å². The third-order valence-electron chi connectivity index (χ3n) is 2.39. The van der Waals surface area contributed by atoms with Crippen LogP contribution in [0.2, 0.25) is 0 Å². The lowest BCUT2D eigenvalue weighted by Gasteiger charge is -2.12. The summed E-state index contributed by atoms with van der Waals surface area (Å²) in [5.41, 5.74) is 8.70. The fourth-order valence-corrected chi connectivity index (χ4v) is 2.47. The summed E-state index contributed by atoms with van der Waals surface area (Å²) in [6.45, 7) is 0. The number of hydrogen-bond donors (Lipinski definition) is 2. The third kappa shape index (κ3) is 2.96. The molecule has 0 atom stereocenters. The Kier molecular flexibility index (Phi) is 3.97. The molecule has 0 amide bonds. The van der Waals surface area contributed by atoms with Crippen molar-refractivity contribution in [1.82, 2.24) is 0 Å². The zero-order chi connectivity index (χ0) is 12.3. The summed E-state index contributed by atoms with van der Waals surface area (Å²) in [5.74, 6) is 0. The van der Waals surface area contributed by atoms with Gasteiger partial charge >= 0.3 is 0 Å². The number of benzene rings is 2. The maximum atomic E-state index is 5.96. The minimum absolute atomic E-state index is 0.732. The van der Waals surface area contributed by atoms with Crippen LogP contribution in [0.5, 0.6) is 0 Å². The number of rotatable bonds is 3. The summed E-state index contributed by atoms with van der Waals surface area (Å²) < 4.78 is 0.985. The monoisotopic (exact) mass is 308 g/mol. The molecule has 0 aliphatic rings. The van der Waals surface area contributed by atoms with Crippen LogP contribution in [0.3, 0.4) is 0 Å². The first kappa shape index (κ1) is 12.3. The second-order valence-corrected chi connectivity index (χ2v) is 5.32. The van der Waals surface area contributed by atoms with Gasteiger partial charge in [-0.25, -0.2) is 0 Å². The first-order chi connectivity index (χ1) is 8.20. The molecule has 2 aromatic rings. The SMILES string of the molecule is CSc1ccccc1Nc1ccc(Br)cc1N. The van der Waals surface area contributed by atoms with E-state index in [0.717, 1.165) is 21.5 Å². The van der Waals surface area contributed by atoms with E-state index < -0.39 is 0 Å². The molecule has 0 heterocycles. The van der Waals surface area contributed by atoms with Crippen LogP contribution in [-0.4, -0.2) is 6.26 Å². The Balaban J connectivity index is 2.31. The number of nitrogens with one attached hydrogen (secondary N) is 1. The third-order valence-corrected chi connectivity index (χ3v) is 3.68. The van der Waals surface area contributed by atoms with Crippen molar-refractivity contribution in [1.29, 1.82) is 0 Å². The summed E-state index contributed by atoms with van der Waals surface area (Å²) in [6, 6.07) is 14.0. The summed E-state index contributed by atoms with van der Waals surface area (Å²) in [7, 11) is 0. The Bertz CT molecular complexity index is 529. The van der Waals surface area contributed by atoms with Crippen molar-refractivity contribution in [3.63, 3.8) is 0 Å². The smallest absolute Gasteiger partial charge is 0.0619 e. The van der Waals surface area contributed by atoms with Crippen molar-refractivity contribution in [2.45, 2.75) is 4.90 Å². The minimum atomic E-state index is 0.732. The molecule has 17 heavy (non-hydrogen) atoms. The number of thioether (sulfide) groups is 1. The normalized spacial score (nSPS) is 10.2. The van der Waals surface area contributed by atoms with Gasteiger partial charge in [-0.15, -0.1) is 11.8 Å². The van der Waals surface area contributed by atoms with Gasteiger partial charge < -0.3 is 11.1 Å². The van der Waals surface area contributed by atoms with Crippen LogP contribution in [0.15, 0.2) is 51.8 Å². The molecule has 3 N–H and O–H groups in total. The molecule has 0 aliphatic carbocycles. The number of hydrogen-bond acceptors (Lipinski definition) is 3. The van der Waals surface area contributed by atoms with Gasteiger partial charge in [-0.2, -0.15) is 0 Å². The first-order valence-electron chi connectivity index (χ1n) is 5.16. The fraction of sp³-hybridized carbons (Fsp3) is 0.0769. The number of nitrogen functional groups attached to an aromatic ring is 1. The maximum Gasteiger partial charge on any atom is 0.0619 e. The summed E-state index contributed by atoms with van der Waals surface area (Å²) in [4.78, 5) is 1.20. The van der Waals surface area contributed by atoms with Gasteiger partial charge in [-0.3, -0.25) is 0 Å². The first-order valence-corrected chi connectivity index (χ1v) is 7.17. The van der Waals surface area contributed by atoms with Crippen LogP contribution in [-0.2, 0) is 0 Å². The zero-order valence-electron chi connectivity index (χ0n) is 9.41. The van der Waals surface area contributed by atoms with Crippen molar-refractivity contribution >= 4 is 44.8 Å². The topological polar surface area (TPSA) is 38.0 Å². The van der Waals surface area contributed by atoms with Crippen molar-refractivity contribution in [3.05, 3.63) is 46.9 Å². The number of anilines is 3. The number of para-hydroxylation sites is 1. The van der Waals surface area contributed by atoms with Gasteiger partial charge in [0.15, 0.2) is 0 Å². The average molecular weight is 309 g/mol.